The number of carboxylic acids is 1. The van der Waals surface area contributed by atoms with Gasteiger partial charge in [-0.15, -0.1) is 11.3 Å². The van der Waals surface area contributed by atoms with Crippen LogP contribution in [0.15, 0.2) is 12.1 Å². The molecule has 1 rings (SSSR count). The molecular weight excluding hydrogens is 250 g/mol. The largest absolute Gasteiger partial charge is 0.477 e. The fourth-order valence-corrected chi connectivity index (χ4v) is 3.62. The number of carboxylic acid groups (broad SMARTS) is 1. The van der Waals surface area contributed by atoms with E-state index in [1.807, 2.05) is 0 Å². The zero-order valence-electron chi connectivity index (χ0n) is 8.93. The van der Waals surface area contributed by atoms with E-state index in [1.54, 1.807) is 13.8 Å². The number of sulfonamides is 1. The van der Waals surface area contributed by atoms with Gasteiger partial charge in [0.1, 0.15) is 9.88 Å². The van der Waals surface area contributed by atoms with Gasteiger partial charge >= 0.3 is 5.97 Å². The van der Waals surface area contributed by atoms with E-state index in [0.29, 0.717) is 5.00 Å². The molecule has 2 N–H and O–H groups in total. The molecule has 0 atom stereocenters. The van der Waals surface area contributed by atoms with Crippen LogP contribution in [0.4, 0.5) is 5.00 Å². The Morgan fingerprint density at radius 2 is 2.12 bits per heavy atom. The summed E-state index contributed by atoms with van der Waals surface area (Å²) in [6, 6.07) is 2.83. The van der Waals surface area contributed by atoms with Crippen LogP contribution in [0.5, 0.6) is 0 Å². The van der Waals surface area contributed by atoms with Crippen molar-refractivity contribution < 1.29 is 18.3 Å². The zero-order valence-corrected chi connectivity index (χ0v) is 10.6. The molecule has 7 heteroatoms. The summed E-state index contributed by atoms with van der Waals surface area (Å²) in [4.78, 5) is 10.7. The third kappa shape index (κ3) is 3.82. The highest BCUT2D eigenvalue weighted by Gasteiger charge is 2.15. The lowest BCUT2D eigenvalue weighted by Crippen LogP contribution is -2.19. The highest BCUT2D eigenvalue weighted by atomic mass is 32.2. The first-order chi connectivity index (χ1) is 7.30. The van der Waals surface area contributed by atoms with Gasteiger partial charge in [0.05, 0.1) is 5.75 Å². The molecule has 1 heterocycles. The summed E-state index contributed by atoms with van der Waals surface area (Å²) in [6.45, 7) is 3.60. The van der Waals surface area contributed by atoms with Crippen LogP contribution in [-0.4, -0.2) is 25.2 Å². The van der Waals surface area contributed by atoms with Crippen LogP contribution < -0.4 is 4.72 Å². The monoisotopic (exact) mass is 263 g/mol. The molecule has 0 bridgehead atoms. The first kappa shape index (κ1) is 13.0. The van der Waals surface area contributed by atoms with Gasteiger partial charge < -0.3 is 5.11 Å². The van der Waals surface area contributed by atoms with Gasteiger partial charge in [-0.1, -0.05) is 13.8 Å². The van der Waals surface area contributed by atoms with Gasteiger partial charge in [-0.3, -0.25) is 4.72 Å². The van der Waals surface area contributed by atoms with Gasteiger partial charge in [0, 0.05) is 0 Å². The van der Waals surface area contributed by atoms with Crippen molar-refractivity contribution in [2.24, 2.45) is 5.92 Å². The molecule has 16 heavy (non-hydrogen) atoms. The highest BCUT2D eigenvalue weighted by Crippen LogP contribution is 2.23. The van der Waals surface area contributed by atoms with Crippen molar-refractivity contribution in [1.82, 2.24) is 0 Å². The minimum Gasteiger partial charge on any atom is -0.477 e. The van der Waals surface area contributed by atoms with E-state index in [1.165, 1.54) is 12.1 Å². The zero-order chi connectivity index (χ0) is 12.3. The Bertz CT molecular complexity index is 475. The molecular formula is C9H13NO4S2. The number of rotatable bonds is 5. The maximum absolute atomic E-state index is 11.5. The molecule has 1 aromatic heterocycles. The smallest absolute Gasteiger partial charge is 0.345 e. The van der Waals surface area contributed by atoms with E-state index in [0.717, 1.165) is 11.3 Å². The number of aromatic carboxylic acids is 1. The van der Waals surface area contributed by atoms with E-state index in [4.69, 9.17) is 5.11 Å². The molecule has 0 spiro atoms. The Labute approximate surface area is 98.2 Å². The van der Waals surface area contributed by atoms with E-state index < -0.39 is 16.0 Å². The number of anilines is 1. The van der Waals surface area contributed by atoms with Crippen molar-refractivity contribution in [2.45, 2.75) is 13.8 Å². The average Bonchev–Trinajstić information content (AvgIpc) is 2.48. The molecule has 0 saturated carbocycles. The van der Waals surface area contributed by atoms with Gasteiger partial charge in [-0.05, 0) is 18.1 Å². The van der Waals surface area contributed by atoms with Crippen LogP contribution in [0.3, 0.4) is 0 Å². The number of carbonyl (C=O) groups is 1. The third-order valence-electron chi connectivity index (χ3n) is 1.63. The molecule has 5 nitrogen and oxygen atoms in total. The Balaban J connectivity index is 2.77. The van der Waals surface area contributed by atoms with E-state index >= 15 is 0 Å². The quantitative estimate of drug-likeness (QED) is 0.849. The van der Waals surface area contributed by atoms with Crippen LogP contribution in [0.1, 0.15) is 23.5 Å². The van der Waals surface area contributed by atoms with Crippen LogP contribution in [0.2, 0.25) is 0 Å². The Kier molecular flexibility index (Phi) is 3.93. The number of thiophene rings is 1. The summed E-state index contributed by atoms with van der Waals surface area (Å²) in [6.07, 6.45) is 0. The summed E-state index contributed by atoms with van der Waals surface area (Å²) in [5.41, 5.74) is 0. The number of hydrogen-bond acceptors (Lipinski definition) is 4. The number of nitrogens with one attached hydrogen (secondary N) is 1. The van der Waals surface area contributed by atoms with Crippen LogP contribution in [0.25, 0.3) is 0 Å². The van der Waals surface area contributed by atoms with Gasteiger partial charge in [0.2, 0.25) is 10.0 Å². The SMILES string of the molecule is CC(C)CS(=O)(=O)Nc1ccc(C(=O)O)s1. The maximum atomic E-state index is 11.5. The number of hydrogen-bond donors (Lipinski definition) is 2. The molecule has 0 fully saturated rings. The molecule has 0 amide bonds. The average molecular weight is 263 g/mol. The third-order valence-corrected chi connectivity index (χ3v) is 4.38. The minimum atomic E-state index is -3.38. The molecule has 0 saturated heterocycles. The molecule has 0 aromatic carbocycles. The first-order valence-corrected chi connectivity index (χ1v) is 7.10. The van der Waals surface area contributed by atoms with Crippen molar-refractivity contribution in [3.63, 3.8) is 0 Å². The van der Waals surface area contributed by atoms with Crippen molar-refractivity contribution in [1.29, 1.82) is 0 Å². The van der Waals surface area contributed by atoms with Crippen LogP contribution in [-0.2, 0) is 10.0 Å². The topological polar surface area (TPSA) is 83.5 Å². The molecule has 0 radical (unpaired) electrons. The molecule has 0 aliphatic carbocycles. The van der Waals surface area contributed by atoms with Gasteiger partial charge in [0.15, 0.2) is 0 Å². The molecule has 0 unspecified atom stereocenters. The Morgan fingerprint density at radius 3 is 2.56 bits per heavy atom. The van der Waals surface area contributed by atoms with Crippen molar-refractivity contribution in [2.75, 3.05) is 10.5 Å². The molecule has 90 valence electrons. The maximum Gasteiger partial charge on any atom is 0.345 e. The minimum absolute atomic E-state index is 0.0211. The van der Waals surface area contributed by atoms with Gasteiger partial charge in [0.25, 0.3) is 0 Å². The lowest BCUT2D eigenvalue weighted by Gasteiger charge is -2.07. The first-order valence-electron chi connectivity index (χ1n) is 4.64. The fourth-order valence-electron chi connectivity index (χ4n) is 1.14. The predicted octanol–water partition coefficient (Wildman–Crippen LogP) is 1.84. The van der Waals surface area contributed by atoms with Crippen LogP contribution >= 0.6 is 11.3 Å². The standard InChI is InChI=1S/C9H13NO4S2/c1-6(2)5-16(13,14)10-8-4-3-7(15-8)9(11)12/h3-4,6,10H,5H2,1-2H3,(H,11,12). The van der Waals surface area contributed by atoms with Crippen molar-refractivity contribution >= 4 is 32.3 Å². The second-order valence-electron chi connectivity index (χ2n) is 3.75. The predicted molar refractivity (Wildman–Crippen MR) is 63.5 cm³/mol. The van der Waals surface area contributed by atoms with E-state index in [-0.39, 0.29) is 16.5 Å². The van der Waals surface area contributed by atoms with Gasteiger partial charge in [-0.25, -0.2) is 13.2 Å². The second kappa shape index (κ2) is 4.84. The molecule has 0 aliphatic heterocycles. The Morgan fingerprint density at radius 1 is 1.50 bits per heavy atom. The lowest BCUT2D eigenvalue weighted by atomic mass is 10.3. The normalized spacial score (nSPS) is 11.7. The summed E-state index contributed by atoms with van der Waals surface area (Å²) in [5.74, 6) is -1.01. The van der Waals surface area contributed by atoms with E-state index in [9.17, 15) is 13.2 Å². The fraction of sp³-hybridized carbons (Fsp3) is 0.444. The highest BCUT2D eigenvalue weighted by molar-refractivity contribution is 7.92. The summed E-state index contributed by atoms with van der Waals surface area (Å²) < 4.78 is 25.4. The summed E-state index contributed by atoms with van der Waals surface area (Å²) in [5, 5.41) is 9.01. The van der Waals surface area contributed by atoms with Crippen molar-refractivity contribution in [3.8, 4) is 0 Å². The molecule has 0 aliphatic rings. The van der Waals surface area contributed by atoms with Gasteiger partial charge in [-0.2, -0.15) is 0 Å². The Hall–Kier alpha value is -1.08. The van der Waals surface area contributed by atoms with Crippen molar-refractivity contribution in [3.05, 3.63) is 17.0 Å². The lowest BCUT2D eigenvalue weighted by molar-refractivity contribution is 0.0702. The van der Waals surface area contributed by atoms with Crippen LogP contribution in [0, 0.1) is 5.92 Å². The summed E-state index contributed by atoms with van der Waals surface area (Å²) in [7, 11) is -3.38. The molecule has 1 aromatic rings. The summed E-state index contributed by atoms with van der Waals surface area (Å²) >= 11 is 0.905. The second-order valence-corrected chi connectivity index (χ2v) is 6.60. The van der Waals surface area contributed by atoms with E-state index in [2.05, 4.69) is 4.72 Å².